The largest absolute Gasteiger partial charge is 0.481 e. The summed E-state index contributed by atoms with van der Waals surface area (Å²) in [7, 11) is -15.7. The monoisotopic (exact) mass is 1730 g/mol. The van der Waals surface area contributed by atoms with Gasteiger partial charge in [-0.25, -0.2) is 38.5 Å². The van der Waals surface area contributed by atoms with Gasteiger partial charge in [0, 0.05) is 12.8 Å². The third-order valence-electron chi connectivity index (χ3n) is 19.1. The van der Waals surface area contributed by atoms with Crippen molar-refractivity contribution in [2.45, 2.75) is 88.5 Å². The molecule has 27 nitrogen and oxygen atoms in total. The number of hydrogen-bond donors (Lipinski definition) is 8. The highest BCUT2D eigenvalue weighted by Gasteiger charge is 2.43. The first kappa shape index (κ1) is 91.1. The molecule has 15 rings (SSSR count). The van der Waals surface area contributed by atoms with Crippen LogP contribution in [-0.4, -0.2) is 112 Å². The van der Waals surface area contributed by atoms with Gasteiger partial charge in [-0.15, -0.1) is 0 Å². The quantitative estimate of drug-likeness (QED) is 0.0161. The standard InChI is InChI=1S/C22H17NO5S.C22H17NO4S.C22H18O6S.C22H16O5S.CH4N2O.ClHO.H3N/c24-21-14-19(22(25)23(21)26)18-8-4-5-9-20(18)29(27,28)17-12-10-16(11-13-17)15-6-2-1-3-7-15;24-21-14-19(22(25)23-21)18-8-4-5-9-20(18)28(26,27)17-12-10-16(11-13-17)15-6-2-1-3-7-15;23-21(24)14-19(22(25)26)18-8-4-5-9-20(18)29(27,28)17-12-10-16(11-13-17)15-6-2-1-3-7-15;23-21-14-19(22(24)27-21)18-8-4-5-9-20(18)28(25,26)17-12-10-16(11-13-17)15-6-2-1-3-7-15;2-1(3)4;1-2;/h1-13,19,26H,14H2;1-13,19H,14H2,(H,23,24,25);1-13,19H,14H2,(H,23,24)(H,25,26);1-13,19H,14H2;(H4,2,3,4);2H;1H3. The summed E-state index contributed by atoms with van der Waals surface area (Å²) < 4.78 is 117. The number of halogens is 1. The Bertz CT molecular complexity index is 5930. The average Bonchev–Trinajstić information content (AvgIpc) is 1.44. The summed E-state index contributed by atoms with van der Waals surface area (Å²) in [4.78, 5) is 103. The first-order valence-electron chi connectivity index (χ1n) is 36.1. The van der Waals surface area contributed by atoms with Crippen LogP contribution in [0.2, 0.25) is 0 Å². The molecular weight excluding hydrogens is 1650 g/mol. The lowest BCUT2D eigenvalue weighted by atomic mass is 9.96. The molecule has 0 spiro atoms. The number of hydroxylamine groups is 2. The summed E-state index contributed by atoms with van der Waals surface area (Å²) in [6, 6.07) is 87.8. The minimum atomic E-state index is -4.04. The molecule has 3 aliphatic rings. The minimum absolute atomic E-state index is 0. The number of esters is 2. The van der Waals surface area contributed by atoms with E-state index in [2.05, 4.69) is 33.4 Å². The molecule has 12 aromatic rings. The Balaban J connectivity index is 0.000000179. The predicted octanol–water partition coefficient (Wildman–Crippen LogP) is 13.6. The zero-order valence-corrected chi connectivity index (χ0v) is 67.6. The number of rotatable bonds is 19. The number of carbonyl (C=O) groups excluding carboxylic acids is 7. The van der Waals surface area contributed by atoms with Gasteiger partial charge in [-0.05, 0) is 140 Å². The van der Waals surface area contributed by atoms with E-state index < -0.39 is 123 Å². The second-order valence-corrected chi connectivity index (χ2v) is 34.3. The number of hydrogen-bond acceptors (Lipinski definition) is 21. The first-order valence-corrected chi connectivity index (χ1v) is 42.4. The van der Waals surface area contributed by atoms with E-state index in [1.807, 2.05) is 121 Å². The second-order valence-electron chi connectivity index (χ2n) is 26.6. The normalized spacial score (nSPS) is 15.0. The van der Waals surface area contributed by atoms with Gasteiger partial charge < -0.3 is 32.6 Å². The number of nitrogens with two attached hydrogens (primary N) is 2. The molecule has 3 saturated heterocycles. The fraction of sp³-hybridized carbons (Fsp3) is 0.0899. The molecule has 3 fully saturated rings. The molecular formula is C89H76ClN5O22S4. The molecule has 4 atom stereocenters. The number of aliphatic carboxylic acids is 2. The molecule has 620 valence electrons. The second kappa shape index (κ2) is 40.6. The van der Waals surface area contributed by atoms with E-state index in [4.69, 9.17) is 14.6 Å². The molecule has 3 aliphatic heterocycles. The highest BCUT2D eigenvalue weighted by Crippen LogP contribution is 2.40. The van der Waals surface area contributed by atoms with E-state index in [0.717, 1.165) is 44.5 Å². The zero-order valence-electron chi connectivity index (χ0n) is 63.6. The Kier molecular flexibility index (Phi) is 30.6. The van der Waals surface area contributed by atoms with E-state index in [-0.39, 0.29) is 86.3 Å². The van der Waals surface area contributed by atoms with Crippen molar-refractivity contribution in [2.75, 3.05) is 0 Å². The molecule has 121 heavy (non-hydrogen) atoms. The zero-order chi connectivity index (χ0) is 86.6. The van der Waals surface area contributed by atoms with Gasteiger partial charge in [0.15, 0.2) is 0 Å². The maximum atomic E-state index is 13.3. The number of nitrogens with one attached hydrogen (secondary N) is 1. The summed E-state index contributed by atoms with van der Waals surface area (Å²) >= 11 is 3.64. The molecule has 0 aliphatic carbocycles. The van der Waals surface area contributed by atoms with Crippen LogP contribution in [0.1, 0.15) is 71.6 Å². The van der Waals surface area contributed by atoms with Crippen molar-refractivity contribution in [1.29, 1.82) is 0 Å². The van der Waals surface area contributed by atoms with Crippen LogP contribution in [0.3, 0.4) is 0 Å². The molecule has 4 unspecified atom stereocenters. The Morgan fingerprint density at radius 3 is 0.950 bits per heavy atom. The number of cyclic esters (lactones) is 2. The number of carboxylic acids is 2. The number of primary amides is 2. The van der Waals surface area contributed by atoms with Gasteiger partial charge in [0.05, 0.1) is 87.5 Å². The first-order chi connectivity index (χ1) is 57.4. The van der Waals surface area contributed by atoms with Crippen LogP contribution in [0.15, 0.2) is 355 Å². The summed E-state index contributed by atoms with van der Waals surface area (Å²) in [5, 5.41) is 30.3. The van der Waals surface area contributed by atoms with Gasteiger partial charge in [-0.3, -0.25) is 53.5 Å². The molecule has 12 aromatic carbocycles. The van der Waals surface area contributed by atoms with Crippen LogP contribution in [0.4, 0.5) is 4.79 Å². The highest BCUT2D eigenvalue weighted by atomic mass is 35.5. The number of urea groups is 1. The Morgan fingerprint density at radius 1 is 0.388 bits per heavy atom. The van der Waals surface area contributed by atoms with E-state index in [0.29, 0.717) is 5.56 Å². The molecule has 6 amide bonds. The van der Waals surface area contributed by atoms with Crippen molar-refractivity contribution in [3.05, 3.63) is 338 Å². The number of amides is 6. The summed E-state index contributed by atoms with van der Waals surface area (Å²) in [6.45, 7) is 0. The fourth-order valence-electron chi connectivity index (χ4n) is 13.3. The summed E-state index contributed by atoms with van der Waals surface area (Å²) in [5.74, 6) is -10.7. The van der Waals surface area contributed by atoms with Gasteiger partial charge >= 0.3 is 29.9 Å². The van der Waals surface area contributed by atoms with Gasteiger partial charge in [-0.1, -0.05) is 243 Å². The number of sulfone groups is 4. The average molecular weight is 1730 g/mol. The van der Waals surface area contributed by atoms with E-state index in [9.17, 15) is 82.3 Å². The number of carbonyl (C=O) groups is 9. The number of ether oxygens (including phenoxy) is 1. The number of benzene rings is 12. The lowest BCUT2D eigenvalue weighted by Gasteiger charge is -2.16. The lowest BCUT2D eigenvalue weighted by Crippen LogP contribution is -2.26. The van der Waals surface area contributed by atoms with Gasteiger partial charge in [-0.2, -0.15) is 5.06 Å². The molecule has 0 saturated carbocycles. The maximum absolute atomic E-state index is 13.3. The molecule has 32 heteroatoms. The third kappa shape index (κ3) is 21.8. The van der Waals surface area contributed by atoms with Crippen LogP contribution in [0, 0.1) is 0 Å². The number of nitrogens with zero attached hydrogens (tertiary/aromatic N) is 1. The molecule has 0 radical (unpaired) electrons. The number of imide groups is 2. The molecule has 0 aromatic heterocycles. The Hall–Kier alpha value is -13.8. The van der Waals surface area contributed by atoms with E-state index >= 15 is 0 Å². The van der Waals surface area contributed by atoms with Gasteiger partial charge in [0.1, 0.15) is 0 Å². The van der Waals surface area contributed by atoms with Crippen molar-refractivity contribution in [1.82, 2.24) is 16.5 Å². The van der Waals surface area contributed by atoms with E-state index in [1.54, 1.807) is 121 Å². The summed E-state index contributed by atoms with van der Waals surface area (Å²) in [5.41, 5.74) is 16.7. The Labute approximate surface area is 700 Å². The van der Waals surface area contributed by atoms with Crippen LogP contribution in [0.5, 0.6) is 0 Å². The highest BCUT2D eigenvalue weighted by molar-refractivity contribution is 7.92. The lowest BCUT2D eigenvalue weighted by molar-refractivity contribution is -0.171. The van der Waals surface area contributed by atoms with Crippen LogP contribution in [0.25, 0.3) is 44.5 Å². The van der Waals surface area contributed by atoms with Crippen LogP contribution in [-0.2, 0) is 82.4 Å². The molecule has 3 heterocycles. The van der Waals surface area contributed by atoms with Crippen molar-refractivity contribution in [3.63, 3.8) is 0 Å². The van der Waals surface area contributed by atoms with Crippen molar-refractivity contribution in [3.8, 4) is 44.5 Å². The molecule has 12 N–H and O–H groups in total. The molecule has 0 bridgehead atoms. The fourth-order valence-corrected chi connectivity index (χ4v) is 19.4. The van der Waals surface area contributed by atoms with Gasteiger partial charge in [0.2, 0.25) is 51.2 Å². The topological polar surface area (TPSA) is 483 Å². The maximum Gasteiger partial charge on any atom is 0.321 e. The smallest absolute Gasteiger partial charge is 0.321 e. The van der Waals surface area contributed by atoms with Crippen molar-refractivity contribution < 1.29 is 102 Å². The Morgan fingerprint density at radius 2 is 0.669 bits per heavy atom. The predicted molar refractivity (Wildman–Crippen MR) is 445 cm³/mol. The minimum Gasteiger partial charge on any atom is -0.481 e. The SMILES string of the molecule is N.NC(N)=O.O=C(O)CC(C(=O)O)c1ccccc1S(=O)(=O)c1ccc(-c2ccccc2)cc1.O=C1CC(c2ccccc2S(=O)(=O)c2ccc(-c3ccccc3)cc2)C(=O)N1.O=C1CC(c2ccccc2S(=O)(=O)c2ccc(-c3ccccc3)cc2)C(=O)N1O.O=C1CC(c2ccccc2S(=O)(=O)c2ccc(-c3ccccc3)cc2)C(=O)O1.OCl. The summed E-state index contributed by atoms with van der Waals surface area (Å²) in [6.07, 6.45) is -1.18. The van der Waals surface area contributed by atoms with Crippen LogP contribution >= 0.6 is 11.9 Å². The van der Waals surface area contributed by atoms with Gasteiger partial charge in [0.25, 0.3) is 11.8 Å². The van der Waals surface area contributed by atoms with E-state index in [1.165, 1.54) is 72.8 Å². The number of carboxylic acid groups (broad SMARTS) is 2. The third-order valence-corrected chi connectivity index (χ3v) is 26.4. The van der Waals surface area contributed by atoms with Crippen LogP contribution < -0.4 is 22.9 Å². The van der Waals surface area contributed by atoms with Crippen molar-refractivity contribution in [2.24, 2.45) is 11.5 Å². The van der Waals surface area contributed by atoms with Crippen molar-refractivity contribution >= 4 is 105 Å².